The molecule has 0 unspecified atom stereocenters. The van der Waals surface area contributed by atoms with Crippen molar-refractivity contribution in [3.05, 3.63) is 36.0 Å². The van der Waals surface area contributed by atoms with E-state index in [1.54, 1.807) is 6.92 Å². The van der Waals surface area contributed by atoms with Crippen LogP contribution in [0.2, 0.25) is 0 Å². The number of hydrogen-bond donors (Lipinski definition) is 0. The minimum Gasteiger partial charge on any atom is -0.259 e. The van der Waals surface area contributed by atoms with Gasteiger partial charge in [0.15, 0.2) is 5.82 Å². The van der Waals surface area contributed by atoms with Gasteiger partial charge in [0.1, 0.15) is 5.75 Å². The predicted octanol–water partition coefficient (Wildman–Crippen LogP) is 0.770. The van der Waals surface area contributed by atoms with Gasteiger partial charge in [-0.3, -0.25) is 4.98 Å². The van der Waals surface area contributed by atoms with Gasteiger partial charge in [0.05, 0.1) is 11.9 Å². The minimum atomic E-state index is -4.56. The number of aromatic nitrogens is 4. The van der Waals surface area contributed by atoms with Gasteiger partial charge in [-0.2, -0.15) is 13.5 Å². The average molecular weight is 256 g/mol. The van der Waals surface area contributed by atoms with Gasteiger partial charge in [-0.15, -0.1) is 3.89 Å². The van der Waals surface area contributed by atoms with E-state index in [0.29, 0.717) is 17.1 Å². The molecular weight excluding hydrogens is 247 g/mol. The Kier molecular flexibility index (Phi) is 2.88. The summed E-state index contributed by atoms with van der Waals surface area (Å²) in [6.07, 6.45) is 5.89. The molecule has 8 heteroatoms. The Balaban J connectivity index is 2.38. The van der Waals surface area contributed by atoms with Crippen LogP contribution in [0, 0.1) is 6.92 Å². The van der Waals surface area contributed by atoms with Gasteiger partial charge in [0.25, 0.3) is 0 Å². The molecular formula is C9H9FN4O2S. The maximum atomic E-state index is 12.6. The van der Waals surface area contributed by atoms with Gasteiger partial charge in [-0.05, 0) is 6.92 Å². The van der Waals surface area contributed by atoms with Gasteiger partial charge in [0.2, 0.25) is 0 Å². The number of hydrogen-bond acceptors (Lipinski definition) is 5. The monoisotopic (exact) mass is 256 g/mol. The lowest BCUT2D eigenvalue weighted by Crippen LogP contribution is -1.98. The van der Waals surface area contributed by atoms with Crippen molar-refractivity contribution in [3.8, 4) is 5.82 Å². The smallest absolute Gasteiger partial charge is 0.259 e. The zero-order valence-electron chi connectivity index (χ0n) is 8.91. The molecule has 0 aliphatic carbocycles. The van der Waals surface area contributed by atoms with Crippen molar-refractivity contribution in [1.29, 1.82) is 0 Å². The molecule has 90 valence electrons. The van der Waals surface area contributed by atoms with E-state index in [9.17, 15) is 12.3 Å². The molecule has 0 bridgehead atoms. The molecule has 0 aromatic carbocycles. The Labute approximate surface area is 97.4 Å². The minimum absolute atomic E-state index is 0.304. The molecule has 2 aromatic rings. The first kappa shape index (κ1) is 11.6. The highest BCUT2D eigenvalue weighted by atomic mass is 32.3. The Bertz CT molecular complexity index is 624. The predicted molar refractivity (Wildman–Crippen MR) is 57.6 cm³/mol. The third-order valence-electron chi connectivity index (χ3n) is 2.11. The second-order valence-corrected chi connectivity index (χ2v) is 4.80. The summed E-state index contributed by atoms with van der Waals surface area (Å²) in [4.78, 5) is 7.85. The van der Waals surface area contributed by atoms with E-state index in [-0.39, 0.29) is 0 Å². The van der Waals surface area contributed by atoms with Gasteiger partial charge < -0.3 is 0 Å². The number of aryl methyl sites for hydroxylation is 1. The first-order chi connectivity index (χ1) is 7.96. The molecule has 0 radical (unpaired) electrons. The molecule has 0 atom stereocenters. The molecule has 0 aliphatic rings. The van der Waals surface area contributed by atoms with Crippen LogP contribution in [0.25, 0.3) is 5.82 Å². The van der Waals surface area contributed by atoms with Gasteiger partial charge >= 0.3 is 10.2 Å². The fourth-order valence-corrected chi connectivity index (χ4v) is 2.00. The first-order valence-electron chi connectivity index (χ1n) is 4.69. The van der Waals surface area contributed by atoms with E-state index in [2.05, 4.69) is 15.1 Å². The largest absolute Gasteiger partial charge is 0.306 e. The van der Waals surface area contributed by atoms with Crippen molar-refractivity contribution >= 4 is 10.2 Å². The molecule has 2 heterocycles. The highest BCUT2D eigenvalue weighted by Crippen LogP contribution is 2.13. The summed E-state index contributed by atoms with van der Waals surface area (Å²) in [5.74, 6) is -0.239. The van der Waals surface area contributed by atoms with Crippen LogP contribution in [0.15, 0.2) is 24.8 Å². The van der Waals surface area contributed by atoms with E-state index in [1.165, 1.54) is 29.5 Å². The summed E-state index contributed by atoms with van der Waals surface area (Å²) in [7, 11) is -4.56. The fourth-order valence-electron chi connectivity index (χ4n) is 1.35. The first-order valence-corrected chi connectivity index (χ1v) is 6.25. The summed E-state index contributed by atoms with van der Waals surface area (Å²) in [5, 5.41) is 4.05. The summed E-state index contributed by atoms with van der Waals surface area (Å²) in [6, 6.07) is 0. The van der Waals surface area contributed by atoms with Crippen molar-refractivity contribution in [3.63, 3.8) is 0 Å². The van der Waals surface area contributed by atoms with Crippen LogP contribution in [-0.4, -0.2) is 28.2 Å². The van der Waals surface area contributed by atoms with Gasteiger partial charge in [0, 0.05) is 24.2 Å². The Morgan fingerprint density at radius 2 is 2.18 bits per heavy atom. The summed E-state index contributed by atoms with van der Waals surface area (Å²) in [6.45, 7) is 1.60. The molecule has 6 nitrogen and oxygen atoms in total. The molecule has 17 heavy (non-hydrogen) atoms. The Morgan fingerprint density at radius 3 is 2.76 bits per heavy atom. The van der Waals surface area contributed by atoms with Crippen LogP contribution in [0.4, 0.5) is 3.89 Å². The van der Waals surface area contributed by atoms with Crippen LogP contribution in [0.1, 0.15) is 11.3 Å². The van der Waals surface area contributed by atoms with Crippen LogP contribution >= 0.6 is 0 Å². The third-order valence-corrected chi connectivity index (χ3v) is 2.77. The third kappa shape index (κ3) is 2.84. The van der Waals surface area contributed by atoms with Crippen LogP contribution in [0.3, 0.4) is 0 Å². The summed E-state index contributed by atoms with van der Waals surface area (Å²) >= 11 is 0. The van der Waals surface area contributed by atoms with E-state index in [0.717, 1.165) is 0 Å². The second-order valence-electron chi connectivity index (χ2n) is 3.43. The standard InChI is InChI=1S/C9H9FN4O2S/c1-7-8(6-17(10,15)16)5-14(13-7)9-4-11-2-3-12-9/h2-5H,6H2,1H3. The highest BCUT2D eigenvalue weighted by Gasteiger charge is 2.15. The van der Waals surface area contributed by atoms with Crippen LogP contribution < -0.4 is 0 Å². The molecule has 0 saturated carbocycles. The van der Waals surface area contributed by atoms with Crippen molar-refractivity contribution in [2.45, 2.75) is 12.7 Å². The quantitative estimate of drug-likeness (QED) is 0.758. The Hall–Kier alpha value is -1.83. The topological polar surface area (TPSA) is 77.7 Å². The normalized spacial score (nSPS) is 11.6. The van der Waals surface area contributed by atoms with E-state index >= 15 is 0 Å². The molecule has 2 aromatic heterocycles. The zero-order valence-corrected chi connectivity index (χ0v) is 9.72. The van der Waals surface area contributed by atoms with E-state index in [4.69, 9.17) is 0 Å². The summed E-state index contributed by atoms with van der Waals surface area (Å²) < 4.78 is 35.1. The zero-order chi connectivity index (χ0) is 12.5. The van der Waals surface area contributed by atoms with E-state index in [1.807, 2.05) is 0 Å². The van der Waals surface area contributed by atoms with E-state index < -0.39 is 16.0 Å². The average Bonchev–Trinajstić information content (AvgIpc) is 2.59. The molecule has 0 fully saturated rings. The lowest BCUT2D eigenvalue weighted by atomic mass is 10.3. The van der Waals surface area contributed by atoms with Crippen LogP contribution in [0.5, 0.6) is 0 Å². The number of halogens is 1. The molecule has 0 N–H and O–H groups in total. The molecule has 0 spiro atoms. The Morgan fingerprint density at radius 1 is 1.41 bits per heavy atom. The molecule has 2 rings (SSSR count). The SMILES string of the molecule is Cc1nn(-c2cnccn2)cc1CS(=O)(=O)F. The van der Waals surface area contributed by atoms with Crippen molar-refractivity contribution < 1.29 is 12.3 Å². The number of rotatable bonds is 3. The molecule has 0 amide bonds. The van der Waals surface area contributed by atoms with Gasteiger partial charge in [-0.1, -0.05) is 0 Å². The maximum Gasteiger partial charge on any atom is 0.306 e. The number of nitrogens with zero attached hydrogens (tertiary/aromatic N) is 4. The van der Waals surface area contributed by atoms with Crippen LogP contribution in [-0.2, 0) is 16.0 Å². The van der Waals surface area contributed by atoms with Crippen molar-refractivity contribution in [1.82, 2.24) is 19.7 Å². The maximum absolute atomic E-state index is 12.6. The molecule has 0 saturated heterocycles. The molecule has 0 aliphatic heterocycles. The van der Waals surface area contributed by atoms with Crippen molar-refractivity contribution in [2.75, 3.05) is 0 Å². The van der Waals surface area contributed by atoms with Crippen molar-refractivity contribution in [2.24, 2.45) is 0 Å². The lowest BCUT2D eigenvalue weighted by Gasteiger charge is -1.96. The second kappa shape index (κ2) is 4.21. The fraction of sp³-hybridized carbons (Fsp3) is 0.222. The highest BCUT2D eigenvalue weighted by molar-refractivity contribution is 7.85. The lowest BCUT2D eigenvalue weighted by molar-refractivity contribution is 0.551. The van der Waals surface area contributed by atoms with Gasteiger partial charge in [-0.25, -0.2) is 9.67 Å². The summed E-state index contributed by atoms with van der Waals surface area (Å²) in [5.41, 5.74) is 0.745.